The lowest BCUT2D eigenvalue weighted by molar-refractivity contribution is 0.0526. The second-order valence-corrected chi connectivity index (χ2v) is 3.99. The number of carbonyl (C=O) groups is 1. The first-order valence-electron chi connectivity index (χ1n) is 5.89. The number of carbonyl (C=O) groups excluding carboxylic acids is 1. The van der Waals surface area contributed by atoms with Crippen LogP contribution < -0.4 is 0 Å². The van der Waals surface area contributed by atoms with Crippen LogP contribution in [0.3, 0.4) is 0 Å². The minimum absolute atomic E-state index is 0.184. The van der Waals surface area contributed by atoms with E-state index in [2.05, 4.69) is 5.10 Å². The molecule has 19 heavy (non-hydrogen) atoms. The quantitative estimate of drug-likeness (QED) is 0.789. The van der Waals surface area contributed by atoms with Crippen molar-refractivity contribution >= 4 is 5.97 Å². The summed E-state index contributed by atoms with van der Waals surface area (Å²) in [4.78, 5) is 11.7. The Morgan fingerprint density at radius 2 is 2.32 bits per heavy atom. The largest absolute Gasteiger partial charge is 0.462 e. The number of hydrogen-bond acceptors (Lipinski definition) is 4. The summed E-state index contributed by atoms with van der Waals surface area (Å²) in [5, 5.41) is 13.3. The molecule has 0 atom stereocenters. The van der Waals surface area contributed by atoms with Crippen molar-refractivity contribution in [2.24, 2.45) is 0 Å². The molecule has 0 aliphatic carbocycles. The lowest BCUT2D eigenvalue weighted by atomic mass is 10.2. The maximum absolute atomic E-state index is 11.7. The topological polar surface area (TPSA) is 67.9 Å². The lowest BCUT2D eigenvalue weighted by Crippen LogP contribution is -2.07. The molecular formula is C14H13N3O2. The van der Waals surface area contributed by atoms with Gasteiger partial charge in [0.25, 0.3) is 0 Å². The molecule has 0 fully saturated rings. The van der Waals surface area contributed by atoms with Gasteiger partial charge in [-0.2, -0.15) is 10.4 Å². The Bertz CT molecular complexity index is 653. The van der Waals surface area contributed by atoms with Gasteiger partial charge in [0.05, 0.1) is 18.5 Å². The van der Waals surface area contributed by atoms with Crippen molar-refractivity contribution in [2.75, 3.05) is 6.61 Å². The molecule has 0 unspecified atom stereocenters. The molecule has 0 bridgehead atoms. The first kappa shape index (κ1) is 12.8. The molecule has 5 heteroatoms. The first-order valence-corrected chi connectivity index (χ1v) is 5.89. The fourth-order valence-electron chi connectivity index (χ4n) is 1.77. The Labute approximate surface area is 111 Å². The molecule has 0 spiro atoms. The number of nitrogens with zero attached hydrogens (tertiary/aromatic N) is 3. The number of aromatic nitrogens is 2. The zero-order valence-corrected chi connectivity index (χ0v) is 10.8. The number of esters is 1. The van der Waals surface area contributed by atoms with E-state index in [1.807, 2.05) is 37.3 Å². The third-order valence-corrected chi connectivity index (χ3v) is 2.62. The van der Waals surface area contributed by atoms with Crippen molar-refractivity contribution in [1.82, 2.24) is 9.78 Å². The van der Waals surface area contributed by atoms with Crippen molar-refractivity contribution in [2.45, 2.75) is 13.8 Å². The highest BCUT2D eigenvalue weighted by Crippen LogP contribution is 2.16. The zero-order valence-electron chi connectivity index (χ0n) is 10.8. The molecule has 1 aromatic carbocycles. The van der Waals surface area contributed by atoms with Crippen molar-refractivity contribution < 1.29 is 9.53 Å². The van der Waals surface area contributed by atoms with Crippen molar-refractivity contribution in [3.8, 4) is 11.8 Å². The summed E-state index contributed by atoms with van der Waals surface area (Å²) in [6.07, 6.45) is 1.36. The molecule has 0 aliphatic rings. The molecular weight excluding hydrogens is 242 g/mol. The van der Waals surface area contributed by atoms with Gasteiger partial charge < -0.3 is 4.74 Å². The van der Waals surface area contributed by atoms with Crippen LogP contribution in [0.15, 0.2) is 30.5 Å². The smallest absolute Gasteiger partial charge is 0.342 e. The predicted molar refractivity (Wildman–Crippen MR) is 69.0 cm³/mol. The lowest BCUT2D eigenvalue weighted by Gasteiger charge is -2.04. The highest BCUT2D eigenvalue weighted by molar-refractivity contribution is 5.91. The third kappa shape index (κ3) is 2.47. The summed E-state index contributed by atoms with van der Waals surface area (Å²) in [5.41, 5.74) is 2.16. The maximum atomic E-state index is 11.7. The van der Waals surface area contributed by atoms with Crippen molar-refractivity contribution in [3.05, 3.63) is 47.3 Å². The second kappa shape index (κ2) is 5.36. The van der Waals surface area contributed by atoms with Gasteiger partial charge in [-0.05, 0) is 31.5 Å². The number of aryl methyl sites for hydroxylation is 1. The Morgan fingerprint density at radius 1 is 1.53 bits per heavy atom. The molecule has 1 aromatic heterocycles. The van der Waals surface area contributed by atoms with Crippen molar-refractivity contribution in [1.29, 1.82) is 5.26 Å². The van der Waals surface area contributed by atoms with Gasteiger partial charge in [0, 0.05) is 0 Å². The zero-order chi connectivity index (χ0) is 13.8. The molecule has 0 saturated heterocycles. The van der Waals surface area contributed by atoms with Crippen LogP contribution in [0.2, 0.25) is 0 Å². The molecule has 0 radical (unpaired) electrons. The minimum Gasteiger partial charge on any atom is -0.462 e. The second-order valence-electron chi connectivity index (χ2n) is 3.99. The number of benzene rings is 1. The average molecular weight is 255 g/mol. The fourth-order valence-corrected chi connectivity index (χ4v) is 1.77. The highest BCUT2D eigenvalue weighted by atomic mass is 16.5. The Balaban J connectivity index is 2.49. The molecule has 96 valence electrons. The van der Waals surface area contributed by atoms with E-state index in [0.29, 0.717) is 0 Å². The van der Waals surface area contributed by atoms with Gasteiger partial charge in [-0.25, -0.2) is 9.48 Å². The number of rotatable bonds is 3. The molecule has 5 nitrogen and oxygen atoms in total. The van der Waals surface area contributed by atoms with Gasteiger partial charge in [-0.1, -0.05) is 12.1 Å². The summed E-state index contributed by atoms with van der Waals surface area (Å²) >= 11 is 0. The van der Waals surface area contributed by atoms with E-state index in [4.69, 9.17) is 4.74 Å². The van der Waals surface area contributed by atoms with Crippen LogP contribution >= 0.6 is 0 Å². The van der Waals surface area contributed by atoms with Gasteiger partial charge in [-0.15, -0.1) is 0 Å². The number of ether oxygens (including phenoxy) is 1. The Kier molecular flexibility index (Phi) is 3.62. The van der Waals surface area contributed by atoms with Gasteiger partial charge in [0.2, 0.25) is 0 Å². The predicted octanol–water partition coefficient (Wildman–Crippen LogP) is 2.23. The average Bonchev–Trinajstić information content (AvgIpc) is 2.82. The summed E-state index contributed by atoms with van der Waals surface area (Å²) in [6.45, 7) is 3.93. The fraction of sp³-hybridized carbons (Fsp3) is 0.214. The summed E-state index contributed by atoms with van der Waals surface area (Å²) in [7, 11) is 0. The van der Waals surface area contributed by atoms with Crippen LogP contribution in [-0.2, 0) is 4.74 Å². The van der Waals surface area contributed by atoms with Gasteiger partial charge in [0.15, 0.2) is 5.69 Å². The van der Waals surface area contributed by atoms with Crippen LogP contribution in [-0.4, -0.2) is 22.4 Å². The van der Waals surface area contributed by atoms with Crippen LogP contribution in [0.5, 0.6) is 0 Å². The standard InChI is InChI=1S/C14H13N3O2/c1-3-19-14(18)12-9-16-17(13(12)8-15)11-6-4-5-10(2)7-11/h4-7,9H,3H2,1-2H3. The third-order valence-electron chi connectivity index (χ3n) is 2.62. The molecule has 0 amide bonds. The van der Waals surface area contributed by atoms with E-state index in [1.165, 1.54) is 10.9 Å². The molecule has 1 heterocycles. The summed E-state index contributed by atoms with van der Waals surface area (Å²) < 4.78 is 6.34. The van der Waals surface area contributed by atoms with Gasteiger partial charge in [-0.3, -0.25) is 0 Å². The van der Waals surface area contributed by atoms with Crippen LogP contribution in [0, 0.1) is 18.3 Å². The summed E-state index contributed by atoms with van der Waals surface area (Å²) in [6, 6.07) is 9.54. The monoisotopic (exact) mass is 255 g/mol. The maximum Gasteiger partial charge on any atom is 0.342 e. The minimum atomic E-state index is -0.530. The first-order chi connectivity index (χ1) is 9.17. The SMILES string of the molecule is CCOC(=O)c1cnn(-c2cccc(C)c2)c1C#N. The van der Waals surface area contributed by atoms with Crippen LogP contribution in [0.25, 0.3) is 5.69 Å². The number of hydrogen-bond donors (Lipinski definition) is 0. The Hall–Kier alpha value is -2.61. The molecule has 0 N–H and O–H groups in total. The van der Waals surface area contributed by atoms with E-state index >= 15 is 0 Å². The van der Waals surface area contributed by atoms with E-state index in [1.54, 1.807) is 6.92 Å². The van der Waals surface area contributed by atoms with Gasteiger partial charge in [0.1, 0.15) is 11.6 Å². The van der Waals surface area contributed by atoms with E-state index in [0.717, 1.165) is 11.3 Å². The van der Waals surface area contributed by atoms with E-state index in [9.17, 15) is 10.1 Å². The molecule has 2 rings (SSSR count). The molecule has 2 aromatic rings. The van der Waals surface area contributed by atoms with E-state index < -0.39 is 5.97 Å². The molecule has 0 saturated carbocycles. The van der Waals surface area contributed by atoms with E-state index in [-0.39, 0.29) is 17.9 Å². The normalized spacial score (nSPS) is 9.95. The number of nitriles is 1. The van der Waals surface area contributed by atoms with Crippen LogP contribution in [0.4, 0.5) is 0 Å². The molecule has 0 aliphatic heterocycles. The van der Waals surface area contributed by atoms with Crippen LogP contribution in [0.1, 0.15) is 28.5 Å². The highest BCUT2D eigenvalue weighted by Gasteiger charge is 2.19. The summed E-state index contributed by atoms with van der Waals surface area (Å²) in [5.74, 6) is -0.530. The Morgan fingerprint density at radius 3 is 2.95 bits per heavy atom. The van der Waals surface area contributed by atoms with Gasteiger partial charge >= 0.3 is 5.97 Å². The van der Waals surface area contributed by atoms with Crippen molar-refractivity contribution in [3.63, 3.8) is 0 Å².